The highest BCUT2D eigenvalue weighted by molar-refractivity contribution is 5.85. The number of carbonyl (C=O) groups is 2. The van der Waals surface area contributed by atoms with Gasteiger partial charge in [-0.05, 0) is 0 Å². The van der Waals surface area contributed by atoms with Crippen LogP contribution in [0.4, 0.5) is 0 Å². The third kappa shape index (κ3) is 3.22. The monoisotopic (exact) mass is 212 g/mol. The second-order valence-electron chi connectivity index (χ2n) is 2.74. The first kappa shape index (κ1) is 10.9. The number of nitrogens with one attached hydrogen (secondary N) is 2. The van der Waals surface area contributed by atoms with Crippen molar-refractivity contribution >= 4 is 11.9 Å². The van der Waals surface area contributed by atoms with Gasteiger partial charge in [-0.25, -0.2) is 4.79 Å². The lowest BCUT2D eigenvalue weighted by molar-refractivity contribution is -0.157. The topological polar surface area (TPSA) is 109 Å². The van der Waals surface area contributed by atoms with E-state index in [0.29, 0.717) is 0 Å². The van der Waals surface area contributed by atoms with Crippen LogP contribution in [0.5, 0.6) is 0 Å². The molecule has 0 bridgehead atoms. The molecule has 7 nitrogen and oxygen atoms in total. The van der Waals surface area contributed by atoms with Crippen molar-refractivity contribution in [3.63, 3.8) is 0 Å². The molecule has 0 aromatic carbocycles. The maximum Gasteiger partial charge on any atom is 0.325 e. The van der Waals surface area contributed by atoms with E-state index in [1.54, 1.807) is 0 Å². The second-order valence-corrected chi connectivity index (χ2v) is 2.74. The molecule has 80 valence electrons. The van der Waals surface area contributed by atoms with E-state index in [9.17, 15) is 19.2 Å². The van der Waals surface area contributed by atoms with Gasteiger partial charge in [-0.3, -0.25) is 19.4 Å². The Morgan fingerprint density at radius 3 is 2.60 bits per heavy atom. The van der Waals surface area contributed by atoms with Gasteiger partial charge in [0.1, 0.15) is 0 Å². The number of rotatable bonds is 2. The molecular formula is C8H8N2O5. The van der Waals surface area contributed by atoms with E-state index in [-0.39, 0.29) is 12.0 Å². The zero-order valence-corrected chi connectivity index (χ0v) is 7.83. The number of aromatic nitrogens is 2. The Labute approximate surface area is 83.1 Å². The number of hydrogen-bond acceptors (Lipinski definition) is 5. The van der Waals surface area contributed by atoms with E-state index in [2.05, 4.69) is 9.72 Å². The minimum Gasteiger partial charge on any atom is -0.393 e. The molecule has 0 unspecified atom stereocenters. The van der Waals surface area contributed by atoms with Crippen molar-refractivity contribution < 1.29 is 14.3 Å². The molecule has 0 saturated carbocycles. The van der Waals surface area contributed by atoms with Crippen molar-refractivity contribution in [1.82, 2.24) is 9.97 Å². The van der Waals surface area contributed by atoms with Crippen molar-refractivity contribution in [3.8, 4) is 0 Å². The van der Waals surface area contributed by atoms with Gasteiger partial charge in [-0.15, -0.1) is 0 Å². The molecule has 0 fully saturated rings. The molecule has 0 aliphatic carbocycles. The predicted molar refractivity (Wildman–Crippen MR) is 48.2 cm³/mol. The Morgan fingerprint density at radius 1 is 1.40 bits per heavy atom. The Kier molecular flexibility index (Phi) is 3.17. The molecule has 0 aliphatic rings. The van der Waals surface area contributed by atoms with Gasteiger partial charge < -0.3 is 9.72 Å². The Morgan fingerprint density at radius 2 is 2.07 bits per heavy atom. The molecule has 0 saturated heterocycles. The molecular weight excluding hydrogens is 204 g/mol. The summed E-state index contributed by atoms with van der Waals surface area (Å²) in [7, 11) is 0. The van der Waals surface area contributed by atoms with Gasteiger partial charge in [0.25, 0.3) is 5.56 Å². The standard InChI is InChI=1S/C8H8N2O5/c1-4(11)15-6(12)2-5-3-9-8(14)10-7(5)13/h3H,2H2,1H3,(H2,9,10,13,14). The van der Waals surface area contributed by atoms with Crippen LogP contribution in [0.25, 0.3) is 0 Å². The normalized spacial score (nSPS) is 9.67. The molecule has 15 heavy (non-hydrogen) atoms. The first-order valence-electron chi connectivity index (χ1n) is 4.01. The SMILES string of the molecule is CC(=O)OC(=O)Cc1c[nH]c(=O)[nH]c1=O. The van der Waals surface area contributed by atoms with Gasteiger partial charge in [0.05, 0.1) is 6.42 Å². The van der Waals surface area contributed by atoms with Gasteiger partial charge >= 0.3 is 17.6 Å². The van der Waals surface area contributed by atoms with Crippen LogP contribution in [0, 0.1) is 0 Å². The average molecular weight is 212 g/mol. The summed E-state index contributed by atoms with van der Waals surface area (Å²) in [6.45, 7) is 1.08. The fourth-order valence-corrected chi connectivity index (χ4v) is 0.921. The zero-order valence-electron chi connectivity index (χ0n) is 7.83. The fraction of sp³-hybridized carbons (Fsp3) is 0.250. The van der Waals surface area contributed by atoms with Gasteiger partial charge in [0.2, 0.25) is 0 Å². The van der Waals surface area contributed by atoms with Gasteiger partial charge in [0, 0.05) is 18.7 Å². The molecule has 1 rings (SSSR count). The Hall–Kier alpha value is -2.18. The van der Waals surface area contributed by atoms with Crippen molar-refractivity contribution in [2.75, 3.05) is 0 Å². The van der Waals surface area contributed by atoms with Crippen LogP contribution >= 0.6 is 0 Å². The van der Waals surface area contributed by atoms with Gasteiger partial charge in [-0.2, -0.15) is 0 Å². The number of carbonyl (C=O) groups excluding carboxylic acids is 2. The molecule has 0 atom stereocenters. The smallest absolute Gasteiger partial charge is 0.325 e. The minimum absolute atomic E-state index is 0.0286. The molecule has 0 spiro atoms. The predicted octanol–water partition coefficient (Wildman–Crippen LogP) is -1.30. The van der Waals surface area contributed by atoms with Crippen LogP contribution in [0.2, 0.25) is 0 Å². The number of hydrogen-bond donors (Lipinski definition) is 2. The summed E-state index contributed by atoms with van der Waals surface area (Å²) in [5, 5.41) is 0. The summed E-state index contributed by atoms with van der Waals surface area (Å²) < 4.78 is 4.22. The van der Waals surface area contributed by atoms with Gasteiger partial charge in [0.15, 0.2) is 0 Å². The quantitative estimate of drug-likeness (QED) is 0.467. The summed E-state index contributed by atoms with van der Waals surface area (Å²) >= 11 is 0. The highest BCUT2D eigenvalue weighted by atomic mass is 16.6. The van der Waals surface area contributed by atoms with E-state index >= 15 is 0 Å². The first-order chi connectivity index (χ1) is 6.99. The van der Waals surface area contributed by atoms with E-state index in [1.165, 1.54) is 0 Å². The van der Waals surface area contributed by atoms with E-state index in [1.807, 2.05) is 4.98 Å². The zero-order chi connectivity index (χ0) is 11.4. The lowest BCUT2D eigenvalue weighted by Gasteiger charge is -1.98. The van der Waals surface area contributed by atoms with Crippen molar-refractivity contribution in [2.45, 2.75) is 13.3 Å². The van der Waals surface area contributed by atoms with Crippen LogP contribution in [-0.2, 0) is 20.7 Å². The largest absolute Gasteiger partial charge is 0.393 e. The van der Waals surface area contributed by atoms with Crippen LogP contribution < -0.4 is 11.2 Å². The molecule has 1 aromatic rings. The highest BCUT2D eigenvalue weighted by Gasteiger charge is 2.10. The van der Waals surface area contributed by atoms with Crippen LogP contribution in [0.3, 0.4) is 0 Å². The highest BCUT2D eigenvalue weighted by Crippen LogP contribution is 1.91. The summed E-state index contributed by atoms with van der Waals surface area (Å²) in [5.74, 6) is -1.60. The molecule has 0 amide bonds. The Bertz CT molecular complexity index is 498. The summed E-state index contributed by atoms with van der Waals surface area (Å²) in [4.78, 5) is 47.2. The van der Waals surface area contributed by atoms with Crippen molar-refractivity contribution in [3.05, 3.63) is 32.6 Å². The van der Waals surface area contributed by atoms with Gasteiger partial charge in [-0.1, -0.05) is 0 Å². The first-order valence-corrected chi connectivity index (χ1v) is 4.01. The van der Waals surface area contributed by atoms with E-state index in [4.69, 9.17) is 0 Å². The van der Waals surface area contributed by atoms with E-state index < -0.39 is 23.2 Å². The van der Waals surface area contributed by atoms with Crippen LogP contribution in [-0.4, -0.2) is 21.9 Å². The van der Waals surface area contributed by atoms with Crippen molar-refractivity contribution in [1.29, 1.82) is 0 Å². The second kappa shape index (κ2) is 4.36. The van der Waals surface area contributed by atoms with E-state index in [0.717, 1.165) is 13.1 Å². The summed E-state index contributed by atoms with van der Waals surface area (Å²) in [6.07, 6.45) is 0.730. The lowest BCUT2D eigenvalue weighted by atomic mass is 10.2. The van der Waals surface area contributed by atoms with Crippen LogP contribution in [0.1, 0.15) is 12.5 Å². The molecule has 1 aromatic heterocycles. The molecule has 7 heteroatoms. The summed E-state index contributed by atoms with van der Waals surface area (Å²) in [6, 6.07) is 0. The molecule has 1 heterocycles. The van der Waals surface area contributed by atoms with Crippen molar-refractivity contribution in [2.24, 2.45) is 0 Å². The molecule has 0 radical (unpaired) electrons. The average Bonchev–Trinajstić information content (AvgIpc) is 2.08. The lowest BCUT2D eigenvalue weighted by Crippen LogP contribution is -2.26. The third-order valence-corrected chi connectivity index (χ3v) is 1.49. The van der Waals surface area contributed by atoms with Crippen LogP contribution in [0.15, 0.2) is 15.8 Å². The fourth-order valence-electron chi connectivity index (χ4n) is 0.921. The maximum absolute atomic E-state index is 11.1. The maximum atomic E-state index is 11.1. The minimum atomic E-state index is -0.847. The summed E-state index contributed by atoms with van der Waals surface area (Å²) in [5.41, 5.74) is -1.32. The number of ether oxygens (including phenoxy) is 1. The number of aromatic amines is 2. The number of esters is 2. The third-order valence-electron chi connectivity index (χ3n) is 1.49. The molecule has 2 N–H and O–H groups in total. The molecule has 0 aliphatic heterocycles. The Balaban J connectivity index is 2.82. The number of H-pyrrole nitrogens is 2.